The van der Waals surface area contributed by atoms with Crippen molar-refractivity contribution in [2.24, 2.45) is 5.73 Å². The lowest BCUT2D eigenvalue weighted by Gasteiger charge is -2.41. The maximum atomic E-state index is 5.88. The van der Waals surface area contributed by atoms with E-state index in [1.807, 2.05) is 13.8 Å². The Kier molecular flexibility index (Phi) is 4.56. The van der Waals surface area contributed by atoms with E-state index in [0.717, 1.165) is 19.3 Å². The van der Waals surface area contributed by atoms with Crippen LogP contribution in [0, 0.1) is 5.92 Å². The number of ether oxygens (including phenoxy) is 2. The van der Waals surface area contributed by atoms with E-state index in [0.29, 0.717) is 6.54 Å². The maximum absolute atomic E-state index is 5.88. The summed E-state index contributed by atoms with van der Waals surface area (Å²) in [6.45, 7) is 8.93. The summed E-state index contributed by atoms with van der Waals surface area (Å²) < 4.78 is 11.7. The summed E-state index contributed by atoms with van der Waals surface area (Å²) in [6, 6.07) is 0. The average molecular weight is 214 g/mol. The highest BCUT2D eigenvalue weighted by molar-refractivity contribution is 4.86. The highest BCUT2D eigenvalue weighted by Crippen LogP contribution is 2.31. The van der Waals surface area contributed by atoms with Crippen molar-refractivity contribution in [3.8, 4) is 0 Å². The van der Waals surface area contributed by atoms with Crippen LogP contribution in [-0.2, 0) is 9.47 Å². The van der Waals surface area contributed by atoms with E-state index in [9.17, 15) is 0 Å². The van der Waals surface area contributed by atoms with Crippen LogP contribution in [0.4, 0.5) is 0 Å². The van der Waals surface area contributed by atoms with Crippen LogP contribution >= 0.6 is 0 Å². The molecule has 1 fully saturated rings. The Labute approximate surface area is 93.3 Å². The summed E-state index contributed by atoms with van der Waals surface area (Å²) >= 11 is 0. The molecule has 0 saturated carbocycles. The third-order valence-electron chi connectivity index (χ3n) is 2.55. The van der Waals surface area contributed by atoms with Crippen molar-refractivity contribution in [1.82, 2.24) is 0 Å². The van der Waals surface area contributed by atoms with Crippen molar-refractivity contribution >= 4 is 0 Å². The van der Waals surface area contributed by atoms with E-state index in [2.05, 4.69) is 13.8 Å². The van der Waals surface area contributed by atoms with Gasteiger partial charge >= 0.3 is 0 Å². The van der Waals surface area contributed by atoms with Gasteiger partial charge in [-0.05, 0) is 39.2 Å². The van der Waals surface area contributed by atoms with Gasteiger partial charge in [-0.15, -0.1) is 0 Å². The smallest absolute Gasteiger partial charge is 0.163 e. The predicted molar refractivity (Wildman–Crippen MR) is 61.3 cm³/mol. The fourth-order valence-corrected chi connectivity index (χ4v) is 2.16. The molecule has 3 nitrogen and oxygen atoms in total. The van der Waals surface area contributed by atoms with Crippen molar-refractivity contribution in [3.05, 3.63) is 5.92 Å². The third kappa shape index (κ3) is 4.49. The molecule has 15 heavy (non-hydrogen) atoms. The number of rotatable bonds is 4. The molecule has 89 valence electrons. The molecule has 1 aliphatic rings. The van der Waals surface area contributed by atoms with Crippen molar-refractivity contribution in [2.75, 3.05) is 6.54 Å². The number of hydrogen-bond acceptors (Lipinski definition) is 3. The molecule has 0 bridgehead atoms. The fraction of sp³-hybridized carbons (Fsp3) is 0.917. The predicted octanol–water partition coefficient (Wildman–Crippen LogP) is 2.25. The van der Waals surface area contributed by atoms with E-state index in [-0.39, 0.29) is 12.2 Å². The van der Waals surface area contributed by atoms with Crippen LogP contribution in [-0.4, -0.2) is 24.5 Å². The molecule has 1 saturated heterocycles. The molecule has 3 heteroatoms. The summed E-state index contributed by atoms with van der Waals surface area (Å²) in [4.78, 5) is 0. The molecular formula is C12H24NO2. The largest absolute Gasteiger partial charge is 0.347 e. The average Bonchev–Trinajstić information content (AvgIpc) is 1.99. The molecule has 0 aromatic heterocycles. The van der Waals surface area contributed by atoms with Gasteiger partial charge in [-0.2, -0.15) is 0 Å². The Morgan fingerprint density at radius 3 is 2.40 bits per heavy atom. The first-order chi connectivity index (χ1) is 6.93. The maximum Gasteiger partial charge on any atom is 0.163 e. The summed E-state index contributed by atoms with van der Waals surface area (Å²) in [7, 11) is 0. The molecular weight excluding hydrogens is 190 g/mol. The second kappa shape index (κ2) is 5.28. The quantitative estimate of drug-likeness (QED) is 0.780. The van der Waals surface area contributed by atoms with Crippen LogP contribution in [0.15, 0.2) is 0 Å². The minimum Gasteiger partial charge on any atom is -0.347 e. The van der Waals surface area contributed by atoms with E-state index in [4.69, 9.17) is 15.2 Å². The highest BCUT2D eigenvalue weighted by Gasteiger charge is 2.35. The van der Waals surface area contributed by atoms with Crippen molar-refractivity contribution < 1.29 is 9.47 Å². The molecule has 0 unspecified atom stereocenters. The minimum atomic E-state index is -0.460. The zero-order valence-electron chi connectivity index (χ0n) is 10.4. The molecule has 2 atom stereocenters. The molecule has 0 aromatic carbocycles. The first-order valence-electron chi connectivity index (χ1n) is 5.77. The summed E-state index contributed by atoms with van der Waals surface area (Å²) in [5, 5.41) is 0. The third-order valence-corrected chi connectivity index (χ3v) is 2.55. The number of nitrogens with two attached hydrogens (primary N) is 1. The monoisotopic (exact) mass is 214 g/mol. The Morgan fingerprint density at radius 2 is 1.87 bits per heavy atom. The van der Waals surface area contributed by atoms with E-state index in [1.165, 1.54) is 5.92 Å². The fourth-order valence-electron chi connectivity index (χ4n) is 2.16. The van der Waals surface area contributed by atoms with E-state index >= 15 is 0 Å². The Morgan fingerprint density at radius 1 is 1.27 bits per heavy atom. The first-order valence-corrected chi connectivity index (χ1v) is 5.77. The SMILES string of the molecule is C[C](C)C[C@@H]1C[C@@H](CCN)OC(C)(C)O1. The Balaban J connectivity index is 2.51. The lowest BCUT2D eigenvalue weighted by atomic mass is 9.98. The first kappa shape index (κ1) is 12.9. The van der Waals surface area contributed by atoms with Crippen molar-refractivity contribution in [3.63, 3.8) is 0 Å². The van der Waals surface area contributed by atoms with E-state index in [1.54, 1.807) is 0 Å². The van der Waals surface area contributed by atoms with Gasteiger partial charge in [-0.1, -0.05) is 13.8 Å². The summed E-state index contributed by atoms with van der Waals surface area (Å²) in [6.07, 6.45) is 3.45. The summed E-state index contributed by atoms with van der Waals surface area (Å²) in [5.74, 6) is 0.947. The molecule has 0 aliphatic carbocycles. The van der Waals surface area contributed by atoms with Gasteiger partial charge in [0.2, 0.25) is 0 Å². The number of hydrogen-bond donors (Lipinski definition) is 1. The lowest BCUT2D eigenvalue weighted by Crippen LogP contribution is -2.45. The molecule has 2 N–H and O–H groups in total. The van der Waals surface area contributed by atoms with Crippen LogP contribution < -0.4 is 5.73 Å². The van der Waals surface area contributed by atoms with Crippen LogP contribution in [0.2, 0.25) is 0 Å². The van der Waals surface area contributed by atoms with E-state index < -0.39 is 5.79 Å². The summed E-state index contributed by atoms with van der Waals surface area (Å²) in [5.41, 5.74) is 5.57. The Bertz CT molecular complexity index is 192. The highest BCUT2D eigenvalue weighted by atomic mass is 16.7. The second-order valence-electron chi connectivity index (χ2n) is 5.10. The zero-order valence-corrected chi connectivity index (χ0v) is 10.4. The molecule has 1 radical (unpaired) electrons. The molecule has 1 heterocycles. The van der Waals surface area contributed by atoms with Crippen molar-refractivity contribution in [2.45, 2.75) is 65.0 Å². The molecule has 1 aliphatic heterocycles. The van der Waals surface area contributed by atoms with Gasteiger partial charge in [0.05, 0.1) is 12.2 Å². The standard InChI is InChI=1S/C12H24NO2/c1-9(2)7-11-8-10(5-6-13)14-12(3,4)15-11/h10-11H,5-8,13H2,1-4H3/t10-,11-/m1/s1. The normalized spacial score (nSPS) is 30.8. The van der Waals surface area contributed by atoms with Gasteiger partial charge in [-0.3, -0.25) is 0 Å². The lowest BCUT2D eigenvalue weighted by molar-refractivity contribution is -0.300. The molecule has 0 amide bonds. The van der Waals surface area contributed by atoms with Gasteiger partial charge < -0.3 is 15.2 Å². The van der Waals surface area contributed by atoms with Crippen LogP contribution in [0.1, 0.15) is 47.0 Å². The van der Waals surface area contributed by atoms with Crippen LogP contribution in [0.25, 0.3) is 0 Å². The van der Waals surface area contributed by atoms with Gasteiger partial charge in [0.15, 0.2) is 5.79 Å². The van der Waals surface area contributed by atoms with Gasteiger partial charge in [0.1, 0.15) is 0 Å². The second-order valence-corrected chi connectivity index (χ2v) is 5.10. The molecule has 0 spiro atoms. The van der Waals surface area contributed by atoms with Crippen LogP contribution in [0.3, 0.4) is 0 Å². The van der Waals surface area contributed by atoms with Crippen molar-refractivity contribution in [1.29, 1.82) is 0 Å². The van der Waals surface area contributed by atoms with Gasteiger partial charge in [-0.25, -0.2) is 0 Å². The molecule has 1 rings (SSSR count). The topological polar surface area (TPSA) is 44.5 Å². The van der Waals surface area contributed by atoms with Crippen LogP contribution in [0.5, 0.6) is 0 Å². The van der Waals surface area contributed by atoms with Gasteiger partial charge in [0, 0.05) is 6.42 Å². The zero-order chi connectivity index (χ0) is 11.5. The van der Waals surface area contributed by atoms with Gasteiger partial charge in [0.25, 0.3) is 0 Å². The minimum absolute atomic E-state index is 0.253. The Hall–Kier alpha value is -0.120. The molecule has 0 aromatic rings.